The third-order valence-corrected chi connectivity index (χ3v) is 16.7. The van der Waals surface area contributed by atoms with Crippen molar-refractivity contribution in [1.29, 1.82) is 0 Å². The molecule has 76 heavy (non-hydrogen) atoms. The van der Waals surface area contributed by atoms with Crippen LogP contribution in [0.15, 0.2) is 166 Å². The Morgan fingerprint density at radius 2 is 1.51 bits per heavy atom. The van der Waals surface area contributed by atoms with E-state index in [1.807, 2.05) is 63.7 Å². The molecule has 2 aromatic heterocycles. The van der Waals surface area contributed by atoms with Gasteiger partial charge < -0.3 is 48.8 Å². The number of hydrogen-bond acceptors (Lipinski definition) is 5. The molecule has 0 fully saturated rings. The van der Waals surface area contributed by atoms with Crippen LogP contribution in [0.25, 0.3) is 16.9 Å². The molecule has 1 amide bonds. The van der Waals surface area contributed by atoms with Crippen LogP contribution in [0.3, 0.4) is 0 Å². The van der Waals surface area contributed by atoms with Gasteiger partial charge in [-0.1, -0.05) is 126 Å². The van der Waals surface area contributed by atoms with Crippen LogP contribution in [0.1, 0.15) is 117 Å². The van der Waals surface area contributed by atoms with Gasteiger partial charge in [-0.3, -0.25) is 4.79 Å². The molecule has 0 bridgehead atoms. The van der Waals surface area contributed by atoms with E-state index < -0.39 is 0 Å². The Kier molecular flexibility index (Phi) is 18.6. The van der Waals surface area contributed by atoms with Crippen LogP contribution in [0, 0.1) is 0 Å². The van der Waals surface area contributed by atoms with Crippen molar-refractivity contribution in [2.24, 2.45) is 0 Å². The molecule has 0 unspecified atom stereocenters. The number of thiocarbonyl (C=S) groups is 1. The van der Waals surface area contributed by atoms with Gasteiger partial charge in [0.1, 0.15) is 6.54 Å². The summed E-state index contributed by atoms with van der Waals surface area (Å²) in [7, 11) is 0. The number of pyridine rings is 1. The van der Waals surface area contributed by atoms with E-state index in [1.165, 1.54) is 50.0 Å². The van der Waals surface area contributed by atoms with Gasteiger partial charge in [-0.05, 0) is 142 Å². The predicted molar refractivity (Wildman–Crippen MR) is 321 cm³/mol. The second kappa shape index (κ2) is 24.9. The topological polar surface area (TPSA) is 67.9 Å². The fourth-order valence-electron chi connectivity index (χ4n) is 11.3. The molecule has 0 saturated heterocycles. The monoisotopic (exact) mass is 1180 g/mol. The van der Waals surface area contributed by atoms with Crippen molar-refractivity contribution in [3.05, 3.63) is 183 Å². The molecule has 0 atom stereocenters. The lowest BCUT2D eigenvalue weighted by Gasteiger charge is -2.27. The number of amides is 1. The first-order valence-corrected chi connectivity index (χ1v) is 28.7. The maximum atomic E-state index is 13.8. The summed E-state index contributed by atoms with van der Waals surface area (Å²) in [5.41, 5.74) is 15.4. The number of nitrogens with zero attached hydrogens (tertiary/aromatic N) is 5. The Morgan fingerprint density at radius 1 is 0.803 bits per heavy atom. The molecule has 8 nitrogen and oxygen atoms in total. The van der Waals surface area contributed by atoms with E-state index in [0.717, 1.165) is 104 Å². The van der Waals surface area contributed by atoms with Crippen LogP contribution < -0.4 is 39.5 Å². The maximum Gasteiger partial charge on any atom is 0.228 e. The molecule has 12 heteroatoms. The number of para-hydroxylation sites is 2. The van der Waals surface area contributed by atoms with Crippen molar-refractivity contribution in [3.8, 4) is 11.3 Å². The van der Waals surface area contributed by atoms with Crippen LogP contribution in [0.4, 0.5) is 22.7 Å². The van der Waals surface area contributed by atoms with Gasteiger partial charge in [-0.2, -0.15) is 4.58 Å². The number of carbonyl (C=O) groups is 1. The van der Waals surface area contributed by atoms with Crippen molar-refractivity contribution < 1.29 is 33.3 Å². The van der Waals surface area contributed by atoms with E-state index in [2.05, 4.69) is 173 Å². The maximum absolute atomic E-state index is 13.8. The Hall–Kier alpha value is -5.47. The van der Waals surface area contributed by atoms with Crippen LogP contribution in [-0.2, 0) is 22.0 Å². The lowest BCUT2D eigenvalue weighted by atomic mass is 9.81. The largest absolute Gasteiger partial charge is 1.00 e. The van der Waals surface area contributed by atoms with Crippen molar-refractivity contribution in [3.63, 3.8) is 0 Å². The summed E-state index contributed by atoms with van der Waals surface area (Å²) in [5.74, 6) is 0.0836. The average Bonchev–Trinajstić information content (AvgIpc) is 3.98. The third kappa shape index (κ3) is 11.8. The first-order chi connectivity index (χ1) is 36.3. The highest BCUT2D eigenvalue weighted by atomic mass is 127. The second-order valence-electron chi connectivity index (χ2n) is 21.1. The minimum Gasteiger partial charge on any atom is -1.00 e. The number of thioether (sulfide) groups is 1. The first kappa shape index (κ1) is 56.7. The van der Waals surface area contributed by atoms with Gasteiger partial charge in [-0.25, -0.2) is 4.98 Å². The quantitative estimate of drug-likeness (QED) is 0.0505. The summed E-state index contributed by atoms with van der Waals surface area (Å²) in [5, 5.41) is 7.97. The summed E-state index contributed by atoms with van der Waals surface area (Å²) in [4.78, 5) is 26.0. The first-order valence-electron chi connectivity index (χ1n) is 27.1. The molecule has 3 aliphatic rings. The standard InChI is InChI=1S/C64H72ClN7OS2.HI/c1-9-38-69(39-10-2)58(73)43-55-59(44-26-30-47(65)31-27-44)68-61-52(23-18-42-72(55)61)67-62(74)66-48-32-34-49(35-33-48)75-60-45(28-36-56-63(5,6)50-21-13-15-24-53(50)70(56)40-11-3)19-17-20-46(60)29-37-57-64(7,8)51-22-14-16-25-54(51)71(57)41-12-4;/h13-16,18,21-37,42H,9-12,17,19-20,38-41,43H2,1-8H3,(H-,66,67,74);1H. The zero-order chi connectivity index (χ0) is 52.9. The highest BCUT2D eigenvalue weighted by molar-refractivity contribution is 8.03. The van der Waals surface area contributed by atoms with Gasteiger partial charge in [0.15, 0.2) is 16.5 Å². The fourth-order valence-corrected chi connectivity index (χ4v) is 12.8. The number of rotatable bonds is 18. The van der Waals surface area contributed by atoms with Crippen LogP contribution in [0.2, 0.25) is 5.02 Å². The highest BCUT2D eigenvalue weighted by Crippen LogP contribution is 2.49. The number of benzene rings is 4. The number of fused-ring (bicyclic) bond motifs is 3. The second-order valence-corrected chi connectivity index (χ2v) is 23.0. The Morgan fingerprint density at radius 3 is 2.22 bits per heavy atom. The van der Waals surface area contributed by atoms with Crippen LogP contribution in [0.5, 0.6) is 0 Å². The molecule has 396 valence electrons. The number of anilines is 3. The molecule has 0 spiro atoms. The number of nitrogens with one attached hydrogen (secondary N) is 2. The van der Waals surface area contributed by atoms with Crippen molar-refractivity contribution in [1.82, 2.24) is 14.3 Å². The van der Waals surface area contributed by atoms with Gasteiger partial charge in [0.05, 0.1) is 28.9 Å². The van der Waals surface area contributed by atoms with Crippen molar-refractivity contribution >= 4 is 80.7 Å². The smallest absolute Gasteiger partial charge is 0.228 e. The molecule has 2 aliphatic heterocycles. The van der Waals surface area contributed by atoms with E-state index in [4.69, 9.17) is 28.8 Å². The molecule has 0 saturated carbocycles. The zero-order valence-electron chi connectivity index (χ0n) is 45.5. The average molecular weight is 1180 g/mol. The fraction of sp³-hybridized carbons (Fsp3) is 0.344. The zero-order valence-corrected chi connectivity index (χ0v) is 50.0. The van der Waals surface area contributed by atoms with E-state index in [0.29, 0.717) is 15.8 Å². The Balaban J connectivity index is 0.00000765. The van der Waals surface area contributed by atoms with E-state index in [1.54, 1.807) is 0 Å². The molecule has 4 heterocycles. The lowest BCUT2D eigenvalue weighted by molar-refractivity contribution is -0.437. The van der Waals surface area contributed by atoms with E-state index >= 15 is 0 Å². The normalized spacial score (nSPS) is 16.7. The molecule has 9 rings (SSSR count). The highest BCUT2D eigenvalue weighted by Gasteiger charge is 2.44. The number of hydrogen-bond donors (Lipinski definition) is 2. The molecular formula is C64H73ClIN7OS2. The SMILES string of the molecule is CCCN(CCC)C(=O)Cc1c(-c2ccc(Cl)cc2)nc2c(NC(=S)Nc3ccc(SC4=C(/C=C/C5=[N+](CCC)c6ccccc6C5(C)C)CCC/C4=C\C=C4\N(CCC)c5ccccc5C4(C)C)cc3)cccn12.[I-]. The summed E-state index contributed by atoms with van der Waals surface area (Å²) in [6.07, 6.45) is 19.0. The van der Waals surface area contributed by atoms with Crippen LogP contribution in [-0.4, -0.2) is 61.8 Å². The van der Waals surface area contributed by atoms with Gasteiger partial charge in [0.25, 0.3) is 0 Å². The summed E-state index contributed by atoms with van der Waals surface area (Å²) < 4.78 is 4.56. The minimum atomic E-state index is -0.114. The van der Waals surface area contributed by atoms with Crippen LogP contribution >= 0.6 is 35.6 Å². The summed E-state index contributed by atoms with van der Waals surface area (Å²) in [6, 6.07) is 38.0. The molecule has 6 aromatic rings. The Bertz CT molecular complexity index is 3250. The number of imidazole rings is 1. The lowest BCUT2D eigenvalue weighted by Crippen LogP contribution is -3.00. The minimum absolute atomic E-state index is 0. The number of allylic oxidation sites excluding steroid dienone is 7. The summed E-state index contributed by atoms with van der Waals surface area (Å²) >= 11 is 14.2. The van der Waals surface area contributed by atoms with E-state index in [9.17, 15) is 4.79 Å². The molecule has 1 aliphatic carbocycles. The van der Waals surface area contributed by atoms with E-state index in [-0.39, 0.29) is 47.1 Å². The molecule has 4 aromatic carbocycles. The van der Waals surface area contributed by atoms with Crippen molar-refractivity contribution in [2.45, 2.75) is 122 Å². The molecule has 0 radical (unpaired) electrons. The molecular weight excluding hydrogens is 1110 g/mol. The number of halogens is 2. The van der Waals surface area contributed by atoms with Gasteiger partial charge in [-0.15, -0.1) is 0 Å². The van der Waals surface area contributed by atoms with Gasteiger partial charge in [0.2, 0.25) is 11.6 Å². The van der Waals surface area contributed by atoms with Gasteiger partial charge in [0, 0.05) is 92.8 Å². The predicted octanol–water partition coefficient (Wildman–Crippen LogP) is 13.2. The third-order valence-electron chi connectivity index (χ3n) is 15.0. The summed E-state index contributed by atoms with van der Waals surface area (Å²) in [6.45, 7) is 21.6. The molecule has 2 N–H and O–H groups in total. The Labute approximate surface area is 483 Å². The number of carbonyl (C=O) groups excluding carboxylic acids is 1. The van der Waals surface area contributed by atoms with Crippen molar-refractivity contribution in [2.75, 3.05) is 41.7 Å². The number of aromatic nitrogens is 2. The van der Waals surface area contributed by atoms with Gasteiger partial charge >= 0.3 is 0 Å².